The monoisotopic (exact) mass is 587 g/mol. The molecule has 0 saturated heterocycles. The van der Waals surface area contributed by atoms with E-state index in [0.29, 0.717) is 11.5 Å². The lowest BCUT2D eigenvalue weighted by atomic mass is 9.97. The number of furan rings is 1. The molecule has 0 bridgehead atoms. The van der Waals surface area contributed by atoms with E-state index in [1.165, 1.54) is 26.9 Å². The van der Waals surface area contributed by atoms with Gasteiger partial charge in [0.15, 0.2) is 5.58 Å². The summed E-state index contributed by atoms with van der Waals surface area (Å²) in [5, 5.41) is 8.10. The van der Waals surface area contributed by atoms with Crippen molar-refractivity contribution in [2.45, 2.75) is 0 Å². The first kappa shape index (κ1) is 25.1. The Morgan fingerprint density at radius 2 is 1.13 bits per heavy atom. The SMILES string of the molecule is c1ccc(-c2ccccc2-c2nc(-n3c4ccc5ccccc5c4c4ccc5ccccc5c43)nc3c2oc2ccccc23)cc1. The summed E-state index contributed by atoms with van der Waals surface area (Å²) >= 11 is 0. The molecule has 0 aliphatic rings. The molecule has 0 fully saturated rings. The topological polar surface area (TPSA) is 43.9 Å². The minimum absolute atomic E-state index is 0.614. The van der Waals surface area contributed by atoms with Crippen LogP contribution in [-0.4, -0.2) is 14.5 Å². The maximum atomic E-state index is 6.57. The van der Waals surface area contributed by atoms with Gasteiger partial charge in [-0.2, -0.15) is 0 Å². The Kier molecular flexibility index (Phi) is 5.25. The van der Waals surface area contributed by atoms with Crippen molar-refractivity contribution in [3.05, 3.63) is 152 Å². The summed E-state index contributed by atoms with van der Waals surface area (Å²) in [5.74, 6) is 0.614. The molecule has 3 aromatic heterocycles. The summed E-state index contributed by atoms with van der Waals surface area (Å²) in [6.07, 6.45) is 0. The van der Waals surface area contributed by atoms with Gasteiger partial charge in [0.05, 0.1) is 11.0 Å². The summed E-state index contributed by atoms with van der Waals surface area (Å²) in [5.41, 5.74) is 8.42. The van der Waals surface area contributed by atoms with E-state index in [0.717, 1.165) is 55.3 Å². The van der Waals surface area contributed by atoms with Crippen molar-refractivity contribution in [3.63, 3.8) is 0 Å². The van der Waals surface area contributed by atoms with Crippen molar-refractivity contribution in [1.29, 1.82) is 0 Å². The third-order valence-electron chi connectivity index (χ3n) is 9.22. The zero-order valence-corrected chi connectivity index (χ0v) is 24.7. The van der Waals surface area contributed by atoms with Crippen LogP contribution >= 0.6 is 0 Å². The van der Waals surface area contributed by atoms with Crippen molar-refractivity contribution in [1.82, 2.24) is 14.5 Å². The summed E-state index contributed by atoms with van der Waals surface area (Å²) in [4.78, 5) is 10.8. The Labute approximate surface area is 263 Å². The zero-order chi connectivity index (χ0) is 30.2. The Morgan fingerprint density at radius 3 is 1.98 bits per heavy atom. The Balaban J connectivity index is 1.40. The van der Waals surface area contributed by atoms with Gasteiger partial charge in [0.25, 0.3) is 0 Å². The molecule has 46 heavy (non-hydrogen) atoms. The first-order valence-electron chi connectivity index (χ1n) is 15.5. The maximum absolute atomic E-state index is 6.57. The van der Waals surface area contributed by atoms with Crippen LogP contribution in [0.4, 0.5) is 0 Å². The van der Waals surface area contributed by atoms with Crippen LogP contribution in [0.5, 0.6) is 0 Å². The van der Waals surface area contributed by atoms with Gasteiger partial charge in [0, 0.05) is 27.1 Å². The molecule has 0 N–H and O–H groups in total. The van der Waals surface area contributed by atoms with Crippen LogP contribution in [0.3, 0.4) is 0 Å². The van der Waals surface area contributed by atoms with Crippen LogP contribution in [0.25, 0.3) is 93.8 Å². The molecule has 0 amide bonds. The number of rotatable bonds is 3. The van der Waals surface area contributed by atoms with E-state index in [9.17, 15) is 0 Å². The molecule has 0 unspecified atom stereocenters. The number of aromatic nitrogens is 3. The van der Waals surface area contributed by atoms with Crippen LogP contribution in [0.1, 0.15) is 0 Å². The van der Waals surface area contributed by atoms with Crippen LogP contribution in [0.2, 0.25) is 0 Å². The summed E-state index contributed by atoms with van der Waals surface area (Å²) in [7, 11) is 0. The normalized spacial score (nSPS) is 11.9. The highest BCUT2D eigenvalue weighted by Gasteiger charge is 2.24. The number of hydrogen-bond donors (Lipinski definition) is 0. The van der Waals surface area contributed by atoms with Gasteiger partial charge in [0.1, 0.15) is 16.8 Å². The van der Waals surface area contributed by atoms with Gasteiger partial charge >= 0.3 is 0 Å². The van der Waals surface area contributed by atoms with Crippen LogP contribution < -0.4 is 0 Å². The van der Waals surface area contributed by atoms with Crippen molar-refractivity contribution >= 4 is 65.4 Å². The van der Waals surface area contributed by atoms with Crippen LogP contribution in [0, 0.1) is 0 Å². The van der Waals surface area contributed by atoms with Crippen LogP contribution in [-0.2, 0) is 0 Å². The standard InChI is InChI=1S/C42H25N3O/c1-2-12-26(13-3-1)29-16-8-9-19-32(29)38-41-39(33-20-10-11-21-36(33)46-41)44-42(43-38)45-35-25-23-27-14-4-6-17-30(27)37(35)34-24-22-28-15-5-7-18-31(28)40(34)45/h1-25H. The minimum Gasteiger partial charge on any atom is -0.452 e. The van der Waals surface area contributed by atoms with E-state index in [1.54, 1.807) is 0 Å². The lowest BCUT2D eigenvalue weighted by Crippen LogP contribution is -2.03. The van der Waals surface area contributed by atoms with E-state index < -0.39 is 0 Å². The average molecular weight is 588 g/mol. The average Bonchev–Trinajstić information content (AvgIpc) is 3.68. The fourth-order valence-corrected chi connectivity index (χ4v) is 7.18. The number of fused-ring (bicyclic) bond motifs is 10. The molecule has 4 nitrogen and oxygen atoms in total. The molecule has 0 saturated carbocycles. The molecule has 0 aliphatic heterocycles. The minimum atomic E-state index is 0.614. The van der Waals surface area contributed by atoms with E-state index in [1.807, 2.05) is 24.3 Å². The predicted octanol–water partition coefficient (Wildman–Crippen LogP) is 11.1. The molecule has 3 heterocycles. The van der Waals surface area contributed by atoms with Gasteiger partial charge in [-0.25, -0.2) is 9.97 Å². The second-order valence-electron chi connectivity index (χ2n) is 11.8. The van der Waals surface area contributed by atoms with E-state index in [-0.39, 0.29) is 0 Å². The van der Waals surface area contributed by atoms with Gasteiger partial charge in [0.2, 0.25) is 5.95 Å². The van der Waals surface area contributed by atoms with Crippen molar-refractivity contribution < 1.29 is 4.42 Å². The molecule has 0 atom stereocenters. The highest BCUT2D eigenvalue weighted by molar-refractivity contribution is 6.26. The maximum Gasteiger partial charge on any atom is 0.236 e. The van der Waals surface area contributed by atoms with Gasteiger partial charge in [-0.15, -0.1) is 0 Å². The van der Waals surface area contributed by atoms with Crippen molar-refractivity contribution in [2.75, 3.05) is 0 Å². The van der Waals surface area contributed by atoms with Crippen LogP contribution in [0.15, 0.2) is 156 Å². The van der Waals surface area contributed by atoms with E-state index >= 15 is 0 Å². The molecule has 214 valence electrons. The first-order chi connectivity index (χ1) is 22.8. The molecule has 10 rings (SSSR count). The van der Waals surface area contributed by atoms with Crippen molar-refractivity contribution in [2.24, 2.45) is 0 Å². The fourth-order valence-electron chi connectivity index (χ4n) is 7.18. The first-order valence-corrected chi connectivity index (χ1v) is 15.5. The molecular weight excluding hydrogens is 562 g/mol. The Bertz CT molecular complexity index is 2810. The van der Waals surface area contributed by atoms with Gasteiger partial charge in [-0.1, -0.05) is 133 Å². The predicted molar refractivity (Wildman–Crippen MR) is 190 cm³/mol. The molecule has 0 radical (unpaired) electrons. The van der Waals surface area contributed by atoms with E-state index in [4.69, 9.17) is 14.4 Å². The summed E-state index contributed by atoms with van der Waals surface area (Å²) in [6, 6.07) is 53.1. The quantitative estimate of drug-likeness (QED) is 0.207. The summed E-state index contributed by atoms with van der Waals surface area (Å²) < 4.78 is 8.83. The molecular formula is C42H25N3O. The lowest BCUT2D eigenvalue weighted by Gasteiger charge is -2.13. The fraction of sp³-hybridized carbons (Fsp3) is 0. The smallest absolute Gasteiger partial charge is 0.236 e. The largest absolute Gasteiger partial charge is 0.452 e. The molecule has 0 aliphatic carbocycles. The van der Waals surface area contributed by atoms with Gasteiger partial charge in [-0.05, 0) is 45.5 Å². The van der Waals surface area contributed by atoms with Gasteiger partial charge < -0.3 is 4.42 Å². The zero-order valence-electron chi connectivity index (χ0n) is 24.7. The third kappa shape index (κ3) is 3.55. The highest BCUT2D eigenvalue weighted by atomic mass is 16.3. The number of hydrogen-bond acceptors (Lipinski definition) is 3. The van der Waals surface area contributed by atoms with Crippen molar-refractivity contribution in [3.8, 4) is 28.3 Å². The summed E-state index contributed by atoms with van der Waals surface area (Å²) in [6.45, 7) is 0. The van der Waals surface area contributed by atoms with E-state index in [2.05, 4.69) is 132 Å². The number of benzene rings is 7. The number of para-hydroxylation sites is 1. The molecule has 7 aromatic carbocycles. The van der Waals surface area contributed by atoms with Gasteiger partial charge in [-0.3, -0.25) is 4.57 Å². The Morgan fingerprint density at radius 1 is 0.478 bits per heavy atom. The molecule has 10 aromatic rings. The Hall–Kier alpha value is -6.26. The lowest BCUT2D eigenvalue weighted by molar-refractivity contribution is 0.666. The highest BCUT2D eigenvalue weighted by Crippen LogP contribution is 2.42. The molecule has 0 spiro atoms. The second kappa shape index (κ2) is 9.62. The number of nitrogens with zero attached hydrogens (tertiary/aromatic N) is 3. The second-order valence-corrected chi connectivity index (χ2v) is 11.8. The molecule has 4 heteroatoms. The third-order valence-corrected chi connectivity index (χ3v) is 9.22.